The number of halogens is 1. The van der Waals surface area contributed by atoms with E-state index in [9.17, 15) is 0 Å². The summed E-state index contributed by atoms with van der Waals surface area (Å²) >= 11 is 3.44. The normalized spacial score (nSPS) is 22.2. The van der Waals surface area contributed by atoms with Gasteiger partial charge in [-0.15, -0.1) is 0 Å². The van der Waals surface area contributed by atoms with Crippen LogP contribution in [0.5, 0.6) is 0 Å². The molecule has 0 aromatic heterocycles. The Kier molecular flexibility index (Phi) is 1.55. The largest absolute Gasteiger partial charge is 0.262 e. The minimum Gasteiger partial charge on any atom is -0.262 e. The Morgan fingerprint density at radius 1 is 1.21 bits per heavy atom. The Morgan fingerprint density at radius 2 is 2.14 bits per heavy atom. The van der Waals surface area contributed by atoms with Gasteiger partial charge in [0, 0.05) is 6.20 Å². The van der Waals surface area contributed by atoms with Crippen molar-refractivity contribution in [1.29, 1.82) is 0 Å². The van der Waals surface area contributed by atoms with Crippen molar-refractivity contribution in [3.63, 3.8) is 0 Å². The third kappa shape index (κ3) is 0.957. The van der Waals surface area contributed by atoms with E-state index in [-0.39, 0.29) is 0 Å². The summed E-state index contributed by atoms with van der Waals surface area (Å²) in [6, 6.07) is 0. The third-order valence-corrected chi connectivity index (χ3v) is 2.69. The van der Waals surface area contributed by atoms with Crippen LogP contribution in [0.25, 0.3) is 0 Å². The maximum atomic E-state index is 4.20. The van der Waals surface area contributed by atoms with Gasteiger partial charge >= 0.3 is 0 Å². The van der Waals surface area contributed by atoms with Crippen LogP contribution in [0.15, 0.2) is 49.6 Å². The van der Waals surface area contributed by atoms with Crippen LogP contribution in [0.3, 0.4) is 0 Å². The maximum Gasteiger partial charge on any atom is 0.237 e. The van der Waals surface area contributed by atoms with Crippen molar-refractivity contribution in [2.24, 2.45) is 15.0 Å². The van der Waals surface area contributed by atoms with E-state index in [0.29, 0.717) is 5.96 Å². The molecule has 0 radical (unpaired) electrons. The van der Waals surface area contributed by atoms with Gasteiger partial charge in [0.2, 0.25) is 5.96 Å². The van der Waals surface area contributed by atoms with Crippen molar-refractivity contribution < 1.29 is 0 Å². The van der Waals surface area contributed by atoms with E-state index in [1.807, 2.05) is 23.1 Å². The molecular formula is C9H5BrN4. The van der Waals surface area contributed by atoms with Crippen LogP contribution in [-0.2, 0) is 0 Å². The van der Waals surface area contributed by atoms with E-state index in [4.69, 9.17) is 0 Å². The maximum absolute atomic E-state index is 4.20. The van der Waals surface area contributed by atoms with E-state index in [0.717, 1.165) is 16.0 Å². The number of hydrogen-bond acceptors (Lipinski definition) is 4. The summed E-state index contributed by atoms with van der Waals surface area (Å²) in [5.41, 5.74) is 1.04. The smallest absolute Gasteiger partial charge is 0.237 e. The molecule has 0 unspecified atom stereocenters. The molecule has 3 aliphatic heterocycles. The standard InChI is InChI=1S/C9H5BrN4/c10-7-2-1-6-3-4-11-9-13-5-12-8(7)14(6)9/h1-5H. The van der Waals surface area contributed by atoms with Crippen LogP contribution in [-0.4, -0.2) is 23.0 Å². The van der Waals surface area contributed by atoms with Gasteiger partial charge in [0.15, 0.2) is 5.84 Å². The van der Waals surface area contributed by atoms with Crippen molar-refractivity contribution in [3.05, 3.63) is 34.6 Å². The second-order valence-electron chi connectivity index (χ2n) is 2.88. The molecule has 0 saturated carbocycles. The fourth-order valence-corrected chi connectivity index (χ4v) is 1.87. The average Bonchev–Trinajstić information content (AvgIpc) is 2.24. The summed E-state index contributed by atoms with van der Waals surface area (Å²) in [7, 11) is 0. The highest BCUT2D eigenvalue weighted by Gasteiger charge is 2.27. The predicted octanol–water partition coefficient (Wildman–Crippen LogP) is 1.79. The molecule has 5 heteroatoms. The van der Waals surface area contributed by atoms with Crippen LogP contribution in [0.1, 0.15) is 0 Å². The monoisotopic (exact) mass is 248 g/mol. The summed E-state index contributed by atoms with van der Waals surface area (Å²) < 4.78 is 0.940. The van der Waals surface area contributed by atoms with Crippen molar-refractivity contribution in [1.82, 2.24) is 4.90 Å². The molecule has 0 aromatic rings. The van der Waals surface area contributed by atoms with E-state index >= 15 is 0 Å². The molecule has 0 aliphatic carbocycles. The molecule has 3 rings (SSSR count). The van der Waals surface area contributed by atoms with Gasteiger partial charge in [-0.05, 0) is 34.2 Å². The molecule has 68 valence electrons. The molecule has 0 atom stereocenters. The zero-order chi connectivity index (χ0) is 9.54. The Hall–Kier alpha value is -1.49. The number of rotatable bonds is 0. The van der Waals surface area contributed by atoms with Crippen molar-refractivity contribution in [2.45, 2.75) is 0 Å². The van der Waals surface area contributed by atoms with Gasteiger partial charge in [-0.1, -0.05) is 0 Å². The molecule has 0 aromatic carbocycles. The Labute approximate surface area is 88.9 Å². The number of nitrogens with zero attached hydrogens (tertiary/aromatic N) is 4. The minimum atomic E-state index is 0.661. The lowest BCUT2D eigenvalue weighted by Crippen LogP contribution is -2.39. The molecule has 3 heterocycles. The first-order chi connectivity index (χ1) is 6.86. The van der Waals surface area contributed by atoms with Crippen LogP contribution < -0.4 is 0 Å². The van der Waals surface area contributed by atoms with Crippen molar-refractivity contribution >= 4 is 34.1 Å². The lowest BCUT2D eigenvalue weighted by Gasteiger charge is -2.30. The number of guanidine groups is 1. The van der Waals surface area contributed by atoms with Crippen molar-refractivity contribution in [2.75, 3.05) is 0 Å². The molecule has 0 N–H and O–H groups in total. The lowest BCUT2D eigenvalue weighted by molar-refractivity contribution is 0.748. The molecule has 0 amide bonds. The second-order valence-corrected chi connectivity index (χ2v) is 3.74. The highest BCUT2D eigenvalue weighted by atomic mass is 79.9. The Bertz CT molecular complexity index is 479. The second kappa shape index (κ2) is 2.75. The van der Waals surface area contributed by atoms with Crippen LogP contribution in [0.4, 0.5) is 0 Å². The zero-order valence-electron chi connectivity index (χ0n) is 7.05. The molecule has 0 bridgehead atoms. The van der Waals surface area contributed by atoms with E-state index in [1.54, 1.807) is 6.20 Å². The fourth-order valence-electron chi connectivity index (χ4n) is 1.46. The minimum absolute atomic E-state index is 0.661. The summed E-state index contributed by atoms with van der Waals surface area (Å²) in [5.74, 6) is 1.49. The first kappa shape index (κ1) is 7.87. The Morgan fingerprint density at radius 3 is 3.07 bits per heavy atom. The van der Waals surface area contributed by atoms with E-state index < -0.39 is 0 Å². The lowest BCUT2D eigenvalue weighted by atomic mass is 10.2. The van der Waals surface area contributed by atoms with Gasteiger partial charge in [0.05, 0.1) is 10.2 Å². The van der Waals surface area contributed by atoms with Crippen LogP contribution in [0, 0.1) is 0 Å². The first-order valence-electron chi connectivity index (χ1n) is 4.09. The topological polar surface area (TPSA) is 40.3 Å². The number of hydrogen-bond donors (Lipinski definition) is 0. The van der Waals surface area contributed by atoms with Gasteiger partial charge in [0.25, 0.3) is 0 Å². The number of amidine groups is 1. The third-order valence-electron chi connectivity index (χ3n) is 2.07. The molecule has 0 fully saturated rings. The highest BCUT2D eigenvalue weighted by Crippen LogP contribution is 2.26. The SMILES string of the molecule is BrC1=CC=C2C=CN=C3N=CN=C1N23. The summed E-state index contributed by atoms with van der Waals surface area (Å²) in [4.78, 5) is 14.4. The van der Waals surface area contributed by atoms with Gasteiger partial charge in [-0.25, -0.2) is 15.0 Å². The van der Waals surface area contributed by atoms with E-state index in [1.165, 1.54) is 6.34 Å². The summed E-state index contributed by atoms with van der Waals surface area (Å²) in [6.07, 6.45) is 9.15. The van der Waals surface area contributed by atoms with Crippen molar-refractivity contribution in [3.8, 4) is 0 Å². The van der Waals surface area contributed by atoms with Gasteiger partial charge in [-0.3, -0.25) is 4.90 Å². The van der Waals surface area contributed by atoms with Crippen LogP contribution >= 0.6 is 15.9 Å². The quantitative estimate of drug-likeness (QED) is 0.645. The van der Waals surface area contributed by atoms with Gasteiger partial charge < -0.3 is 0 Å². The molecule has 3 aliphatic rings. The summed E-state index contributed by atoms with van der Waals surface area (Å²) in [5, 5.41) is 0. The first-order valence-corrected chi connectivity index (χ1v) is 4.88. The number of allylic oxidation sites excluding steroid dienone is 3. The van der Waals surface area contributed by atoms with E-state index in [2.05, 4.69) is 30.9 Å². The highest BCUT2D eigenvalue weighted by molar-refractivity contribution is 9.12. The summed E-state index contributed by atoms with van der Waals surface area (Å²) in [6.45, 7) is 0. The predicted molar refractivity (Wildman–Crippen MR) is 59.4 cm³/mol. The van der Waals surface area contributed by atoms with Gasteiger partial charge in [-0.2, -0.15) is 0 Å². The molecule has 0 spiro atoms. The Balaban J connectivity index is 2.24. The molecular weight excluding hydrogens is 244 g/mol. The average molecular weight is 249 g/mol. The number of aliphatic imine (C=N–C) groups is 3. The molecule has 14 heavy (non-hydrogen) atoms. The van der Waals surface area contributed by atoms with Crippen LogP contribution in [0.2, 0.25) is 0 Å². The fraction of sp³-hybridized carbons (Fsp3) is 0. The zero-order valence-corrected chi connectivity index (χ0v) is 8.64. The molecule has 0 saturated heterocycles. The molecule has 4 nitrogen and oxygen atoms in total. The van der Waals surface area contributed by atoms with Gasteiger partial charge in [0.1, 0.15) is 6.34 Å².